The van der Waals surface area contributed by atoms with Crippen LogP contribution in [0.15, 0.2) is 107 Å². The molecule has 4 rings (SSSR count). The third-order valence-corrected chi connectivity index (χ3v) is 8.05. The molecular formula is C38H42S. The molecule has 0 aliphatic heterocycles. The van der Waals surface area contributed by atoms with E-state index in [0.29, 0.717) is 0 Å². The lowest BCUT2D eigenvalue weighted by Crippen LogP contribution is -1.85. The van der Waals surface area contributed by atoms with Gasteiger partial charge in [0.05, 0.1) is 0 Å². The molecule has 0 N–H and O–H groups in total. The first-order chi connectivity index (χ1) is 19.2. The predicted octanol–water partition coefficient (Wildman–Crippen LogP) is 11.6. The Hall–Kier alpha value is -3.29. The van der Waals surface area contributed by atoms with Gasteiger partial charge in [-0.05, 0) is 83.3 Å². The molecule has 0 radical (unpaired) electrons. The van der Waals surface area contributed by atoms with Gasteiger partial charge in [0.15, 0.2) is 0 Å². The topological polar surface area (TPSA) is 0 Å². The lowest BCUT2D eigenvalue weighted by atomic mass is 10.0. The Morgan fingerprint density at radius 1 is 0.410 bits per heavy atom. The van der Waals surface area contributed by atoms with Gasteiger partial charge in [0, 0.05) is 9.79 Å². The van der Waals surface area contributed by atoms with Crippen LogP contribution in [0.2, 0.25) is 0 Å². The number of hydrogen-bond acceptors (Lipinski definition) is 1. The van der Waals surface area contributed by atoms with Crippen LogP contribution in [0, 0.1) is 0 Å². The highest BCUT2D eigenvalue weighted by Crippen LogP contribution is 2.28. The van der Waals surface area contributed by atoms with Gasteiger partial charge in [-0.25, -0.2) is 0 Å². The maximum atomic E-state index is 2.27. The summed E-state index contributed by atoms with van der Waals surface area (Å²) in [6.45, 7) is 4.51. The van der Waals surface area contributed by atoms with Crippen molar-refractivity contribution in [1.29, 1.82) is 0 Å². The Kier molecular flexibility index (Phi) is 11.8. The average Bonchev–Trinajstić information content (AvgIpc) is 2.98. The van der Waals surface area contributed by atoms with E-state index in [2.05, 4.69) is 135 Å². The summed E-state index contributed by atoms with van der Waals surface area (Å²) in [4.78, 5) is 2.51. The fourth-order valence-corrected chi connectivity index (χ4v) is 5.38. The monoisotopic (exact) mass is 530 g/mol. The second kappa shape index (κ2) is 16.0. The summed E-state index contributed by atoms with van der Waals surface area (Å²) < 4.78 is 0. The maximum Gasteiger partial charge on any atom is 0.0122 e. The molecular weight excluding hydrogens is 488 g/mol. The standard InChI is InChI=1S/C38H42S/c1-3-5-7-9-31-11-15-33(16-12-31)19-21-35-23-27-37(28-24-35)39-38-29-25-36(26-30-38)22-20-34-17-13-32(14-18-34)10-8-6-4-2/h11-30H,3-10H2,1-2H3/b21-19+,22-20+. The summed E-state index contributed by atoms with van der Waals surface area (Å²) in [6.07, 6.45) is 18.9. The van der Waals surface area contributed by atoms with Gasteiger partial charge in [-0.1, -0.05) is 148 Å². The minimum Gasteiger partial charge on any atom is -0.0901 e. The fraction of sp³-hybridized carbons (Fsp3) is 0.263. The highest BCUT2D eigenvalue weighted by molar-refractivity contribution is 7.99. The fourth-order valence-electron chi connectivity index (χ4n) is 4.56. The van der Waals surface area contributed by atoms with Crippen molar-refractivity contribution in [2.75, 3.05) is 0 Å². The second-order valence-corrected chi connectivity index (χ2v) is 11.5. The van der Waals surface area contributed by atoms with E-state index >= 15 is 0 Å². The predicted molar refractivity (Wildman–Crippen MR) is 174 cm³/mol. The molecule has 0 aliphatic rings. The Labute approximate surface area is 240 Å². The van der Waals surface area contributed by atoms with Crippen LogP contribution in [0.25, 0.3) is 24.3 Å². The summed E-state index contributed by atoms with van der Waals surface area (Å²) in [7, 11) is 0. The van der Waals surface area contributed by atoms with Crippen molar-refractivity contribution >= 4 is 36.1 Å². The summed E-state index contributed by atoms with van der Waals surface area (Å²) in [6, 6.07) is 35.6. The van der Waals surface area contributed by atoms with Gasteiger partial charge in [-0.2, -0.15) is 0 Å². The zero-order chi connectivity index (χ0) is 27.1. The molecule has 0 aliphatic carbocycles. The number of rotatable bonds is 14. The van der Waals surface area contributed by atoms with E-state index < -0.39 is 0 Å². The first-order valence-corrected chi connectivity index (χ1v) is 15.5. The smallest absolute Gasteiger partial charge is 0.0122 e. The Balaban J connectivity index is 1.26. The SMILES string of the molecule is CCCCCc1ccc(/C=C/c2ccc(Sc3ccc(/C=C/c4ccc(CCCCC)cc4)cc3)cc2)cc1. The molecule has 0 saturated carbocycles. The van der Waals surface area contributed by atoms with Gasteiger partial charge in [0.1, 0.15) is 0 Å². The van der Waals surface area contributed by atoms with Crippen molar-refractivity contribution in [2.45, 2.75) is 75.0 Å². The molecule has 4 aromatic rings. The number of benzene rings is 4. The molecule has 0 saturated heterocycles. The number of unbranched alkanes of at least 4 members (excludes halogenated alkanes) is 4. The first kappa shape index (κ1) is 28.7. The largest absolute Gasteiger partial charge is 0.0901 e. The highest BCUT2D eigenvalue weighted by atomic mass is 32.2. The first-order valence-electron chi connectivity index (χ1n) is 14.6. The average molecular weight is 531 g/mol. The van der Waals surface area contributed by atoms with Gasteiger partial charge < -0.3 is 0 Å². The molecule has 0 heterocycles. The van der Waals surface area contributed by atoms with Gasteiger partial charge in [-0.15, -0.1) is 0 Å². The molecule has 0 aromatic heterocycles. The summed E-state index contributed by atoms with van der Waals surface area (Å²) in [5.74, 6) is 0. The zero-order valence-corrected chi connectivity index (χ0v) is 24.4. The molecule has 0 amide bonds. The Bertz CT molecular complexity index is 1190. The van der Waals surface area contributed by atoms with Crippen LogP contribution in [-0.4, -0.2) is 0 Å². The number of hydrogen-bond donors (Lipinski definition) is 0. The molecule has 0 bridgehead atoms. The lowest BCUT2D eigenvalue weighted by Gasteiger charge is -2.04. The third-order valence-electron chi connectivity index (χ3n) is 7.03. The zero-order valence-electron chi connectivity index (χ0n) is 23.6. The van der Waals surface area contributed by atoms with E-state index in [9.17, 15) is 0 Å². The van der Waals surface area contributed by atoms with Crippen molar-refractivity contribution < 1.29 is 0 Å². The van der Waals surface area contributed by atoms with E-state index in [0.717, 1.165) is 0 Å². The van der Waals surface area contributed by atoms with Crippen molar-refractivity contribution in [2.24, 2.45) is 0 Å². The van der Waals surface area contributed by atoms with E-state index in [-0.39, 0.29) is 0 Å². The lowest BCUT2D eigenvalue weighted by molar-refractivity contribution is 0.717. The normalized spacial score (nSPS) is 11.5. The van der Waals surface area contributed by atoms with Crippen LogP contribution in [-0.2, 0) is 12.8 Å². The van der Waals surface area contributed by atoms with Crippen molar-refractivity contribution in [3.8, 4) is 0 Å². The van der Waals surface area contributed by atoms with Gasteiger partial charge in [-0.3, -0.25) is 0 Å². The third kappa shape index (κ3) is 10.1. The molecule has 4 aromatic carbocycles. The summed E-state index contributed by atoms with van der Waals surface area (Å²) in [5.41, 5.74) is 7.83. The second-order valence-electron chi connectivity index (χ2n) is 10.3. The van der Waals surface area contributed by atoms with Crippen LogP contribution in [0.5, 0.6) is 0 Å². The van der Waals surface area contributed by atoms with E-state index in [4.69, 9.17) is 0 Å². The maximum absolute atomic E-state index is 2.27. The van der Waals surface area contributed by atoms with Gasteiger partial charge in [0.2, 0.25) is 0 Å². The van der Waals surface area contributed by atoms with Crippen LogP contribution < -0.4 is 0 Å². The van der Waals surface area contributed by atoms with Crippen molar-refractivity contribution in [3.63, 3.8) is 0 Å². The van der Waals surface area contributed by atoms with E-state index in [1.807, 2.05) is 0 Å². The molecule has 0 spiro atoms. The van der Waals surface area contributed by atoms with E-state index in [1.54, 1.807) is 11.8 Å². The molecule has 0 atom stereocenters. The quantitative estimate of drug-likeness (QED) is 0.115. The van der Waals surface area contributed by atoms with Gasteiger partial charge >= 0.3 is 0 Å². The Morgan fingerprint density at radius 3 is 1.03 bits per heavy atom. The van der Waals surface area contributed by atoms with Crippen molar-refractivity contribution in [1.82, 2.24) is 0 Å². The number of aryl methyl sites for hydroxylation is 2. The van der Waals surface area contributed by atoms with Crippen LogP contribution >= 0.6 is 11.8 Å². The van der Waals surface area contributed by atoms with Crippen LogP contribution in [0.1, 0.15) is 85.8 Å². The summed E-state index contributed by atoms with van der Waals surface area (Å²) >= 11 is 1.80. The molecule has 1 heteroatoms. The molecule has 39 heavy (non-hydrogen) atoms. The van der Waals surface area contributed by atoms with Gasteiger partial charge in [0.25, 0.3) is 0 Å². The van der Waals surface area contributed by atoms with E-state index in [1.165, 1.54) is 94.5 Å². The molecule has 0 fully saturated rings. The Morgan fingerprint density at radius 2 is 0.718 bits per heavy atom. The molecule has 0 unspecified atom stereocenters. The van der Waals surface area contributed by atoms with Crippen molar-refractivity contribution in [3.05, 3.63) is 130 Å². The van der Waals surface area contributed by atoms with Crippen LogP contribution in [0.3, 0.4) is 0 Å². The highest BCUT2D eigenvalue weighted by Gasteiger charge is 1.99. The molecule has 200 valence electrons. The van der Waals surface area contributed by atoms with Crippen LogP contribution in [0.4, 0.5) is 0 Å². The minimum atomic E-state index is 1.18. The summed E-state index contributed by atoms with van der Waals surface area (Å²) in [5, 5.41) is 0. The minimum absolute atomic E-state index is 1.18. The molecule has 0 nitrogen and oxygen atoms in total.